The van der Waals surface area contributed by atoms with Gasteiger partial charge in [-0.15, -0.1) is 0 Å². The molecule has 1 atom stereocenters. The molecule has 3 aromatic rings. The van der Waals surface area contributed by atoms with Crippen LogP contribution in [0.2, 0.25) is 0 Å². The maximum atomic E-state index is 13.4. The van der Waals surface area contributed by atoms with E-state index in [2.05, 4.69) is 19.3 Å². The highest BCUT2D eigenvalue weighted by Crippen LogP contribution is 2.42. The molecule has 0 unspecified atom stereocenters. The minimum absolute atomic E-state index is 0.124. The molecule has 286 valence electrons. The number of benzene rings is 3. The number of nitrogens with zero attached hydrogens (tertiary/aromatic N) is 2. The number of carbonyl (C=O) groups excluding carboxylic acids is 2. The Morgan fingerprint density at radius 1 is 0.925 bits per heavy atom. The van der Waals surface area contributed by atoms with E-state index >= 15 is 0 Å². The lowest BCUT2D eigenvalue weighted by Crippen LogP contribution is -2.40. The van der Waals surface area contributed by atoms with E-state index in [1.165, 1.54) is 24.3 Å². The van der Waals surface area contributed by atoms with E-state index in [4.69, 9.17) is 15.9 Å². The van der Waals surface area contributed by atoms with Crippen molar-refractivity contribution in [1.82, 2.24) is 9.73 Å². The summed E-state index contributed by atoms with van der Waals surface area (Å²) < 4.78 is 123. The molecule has 4 N–H and O–H groups in total. The van der Waals surface area contributed by atoms with Gasteiger partial charge in [-0.2, -0.15) is 31.4 Å². The number of halogens is 6. The highest BCUT2D eigenvalue weighted by atomic mass is 32.2. The predicted molar refractivity (Wildman–Crippen MR) is 179 cm³/mol. The zero-order valence-electron chi connectivity index (χ0n) is 28.0. The Morgan fingerprint density at radius 2 is 1.51 bits per heavy atom. The Kier molecular flexibility index (Phi) is 13.1. The number of sulfonamides is 1. The Morgan fingerprint density at radius 3 is 2.08 bits per heavy atom. The molecule has 3 aromatic carbocycles. The van der Waals surface area contributed by atoms with Crippen molar-refractivity contribution in [3.05, 3.63) is 83.4 Å². The number of piperidine rings is 1. The van der Waals surface area contributed by atoms with E-state index in [-0.39, 0.29) is 11.3 Å². The molecule has 4 rings (SSSR count). The molecular formula is C34H35F6N5O7S. The van der Waals surface area contributed by atoms with Crippen LogP contribution in [0.25, 0.3) is 0 Å². The van der Waals surface area contributed by atoms with E-state index in [0.717, 1.165) is 37.9 Å². The van der Waals surface area contributed by atoms with Gasteiger partial charge in [0.1, 0.15) is 12.4 Å². The van der Waals surface area contributed by atoms with Crippen molar-refractivity contribution in [3.63, 3.8) is 0 Å². The summed E-state index contributed by atoms with van der Waals surface area (Å²) >= 11 is 0. The van der Waals surface area contributed by atoms with Gasteiger partial charge in [0.2, 0.25) is 15.8 Å². The van der Waals surface area contributed by atoms with Crippen LogP contribution >= 0.6 is 0 Å². The number of hydrazone groups is 1. The average Bonchev–Trinajstić information content (AvgIpc) is 3.09. The quantitative estimate of drug-likeness (QED) is 0.0660. The first-order valence-corrected chi connectivity index (χ1v) is 17.5. The third kappa shape index (κ3) is 11.4. The molecule has 1 heterocycles. The largest absolute Gasteiger partial charge is 0.491 e. The summed E-state index contributed by atoms with van der Waals surface area (Å²) in [5.41, 5.74) is 6.28. The third-order valence-corrected chi connectivity index (χ3v) is 9.47. The molecule has 1 aliphatic heterocycles. The number of nitrogen functional groups attached to an aromatic ring is 1. The van der Waals surface area contributed by atoms with Crippen molar-refractivity contribution in [2.45, 2.75) is 55.9 Å². The molecule has 53 heavy (non-hydrogen) atoms. The predicted octanol–water partition coefficient (Wildman–Crippen LogP) is 5.13. The monoisotopic (exact) mass is 771 g/mol. The molecule has 1 aliphatic rings. The van der Waals surface area contributed by atoms with Crippen molar-refractivity contribution in [2.75, 3.05) is 19.7 Å². The van der Waals surface area contributed by atoms with Gasteiger partial charge in [0, 0.05) is 19.3 Å². The number of esters is 2. The highest BCUT2D eigenvalue weighted by molar-refractivity contribution is 7.89. The SMILES string of the molecule is C/C=N/N1CCC(Cc2ccc(C[C@@H](COc3c(OC(=O)C(F)(F)F)ccc(C(=N)N)c3OC(=O)C(F)(F)F)NS(=O)(=O)c3ccccc3)cc2)CC1. The molecule has 0 spiro atoms. The standard InChI is InChI=1S/C34H35F6N5O7S/c1-2-43-45-16-14-23(15-17-45)18-21-8-10-22(11-9-21)19-24(44-53(48,49)25-6-4-3-5-7-25)20-50-29-27(51-31(46)33(35,36)37)13-12-26(30(41)42)28(29)52-32(47)34(38,39)40/h2-13,23-24,44H,14-20H2,1H3,(H3,41,42)/b43-2+/t24-/m0/s1. The fourth-order valence-electron chi connectivity index (χ4n) is 5.42. The van der Waals surface area contributed by atoms with Gasteiger partial charge in [-0.25, -0.2) is 22.7 Å². The van der Waals surface area contributed by atoms with Crippen LogP contribution in [0.5, 0.6) is 17.2 Å². The molecule has 1 saturated heterocycles. The number of ether oxygens (including phenoxy) is 3. The fraction of sp³-hybridized carbons (Fsp3) is 0.353. The number of nitrogens with one attached hydrogen (secondary N) is 2. The summed E-state index contributed by atoms with van der Waals surface area (Å²) in [4.78, 5) is 23.5. The van der Waals surface area contributed by atoms with Gasteiger partial charge >= 0.3 is 24.3 Å². The van der Waals surface area contributed by atoms with Crippen LogP contribution in [0, 0.1) is 11.3 Å². The highest BCUT2D eigenvalue weighted by Gasteiger charge is 2.44. The van der Waals surface area contributed by atoms with E-state index in [1.54, 1.807) is 24.4 Å². The Bertz CT molecular complexity index is 1900. The number of alkyl halides is 6. The van der Waals surface area contributed by atoms with Crippen molar-refractivity contribution in [1.29, 1.82) is 5.41 Å². The van der Waals surface area contributed by atoms with Crippen molar-refractivity contribution in [3.8, 4) is 17.2 Å². The molecule has 0 radical (unpaired) electrons. The topological polar surface area (TPSA) is 173 Å². The first kappa shape index (κ1) is 40.6. The summed E-state index contributed by atoms with van der Waals surface area (Å²) in [6.07, 6.45) is -6.95. The second-order valence-electron chi connectivity index (χ2n) is 11.9. The van der Waals surface area contributed by atoms with Crippen LogP contribution in [0.4, 0.5) is 26.3 Å². The molecule has 0 saturated carbocycles. The second-order valence-corrected chi connectivity index (χ2v) is 13.6. The maximum absolute atomic E-state index is 13.4. The number of carbonyl (C=O) groups is 2. The number of nitrogens with two attached hydrogens (primary N) is 1. The number of hydrogen-bond donors (Lipinski definition) is 3. The lowest BCUT2D eigenvalue weighted by atomic mass is 9.90. The van der Waals surface area contributed by atoms with Crippen molar-refractivity contribution < 1.29 is 58.6 Å². The van der Waals surface area contributed by atoms with Crippen LogP contribution < -0.4 is 24.7 Å². The number of amidine groups is 1. The first-order valence-electron chi connectivity index (χ1n) is 16.0. The summed E-state index contributed by atoms with van der Waals surface area (Å²) in [7, 11) is -4.30. The van der Waals surface area contributed by atoms with E-state index in [0.29, 0.717) is 23.6 Å². The smallest absolute Gasteiger partial charge is 0.485 e. The van der Waals surface area contributed by atoms with Crippen molar-refractivity contribution in [2.24, 2.45) is 16.8 Å². The average molecular weight is 772 g/mol. The van der Waals surface area contributed by atoms with Gasteiger partial charge in [0.05, 0.1) is 16.5 Å². The summed E-state index contributed by atoms with van der Waals surface area (Å²) in [5.74, 6) is -9.90. The van der Waals surface area contributed by atoms with Crippen LogP contribution in [0.15, 0.2) is 76.7 Å². The van der Waals surface area contributed by atoms with E-state index in [9.17, 15) is 44.3 Å². The van der Waals surface area contributed by atoms with Gasteiger partial charge in [-0.05, 0) is 73.9 Å². The van der Waals surface area contributed by atoms with E-state index < -0.39 is 75.6 Å². The maximum Gasteiger partial charge on any atom is 0.491 e. The first-order chi connectivity index (χ1) is 24.9. The summed E-state index contributed by atoms with van der Waals surface area (Å²) in [6, 6.07) is 14.2. The lowest BCUT2D eigenvalue weighted by Gasteiger charge is -2.30. The van der Waals surface area contributed by atoms with Gasteiger partial charge in [0.15, 0.2) is 11.5 Å². The Hall–Kier alpha value is -5.17. The van der Waals surface area contributed by atoms with E-state index in [1.807, 2.05) is 24.1 Å². The van der Waals surface area contributed by atoms with Crippen LogP contribution in [-0.2, 0) is 32.5 Å². The van der Waals surface area contributed by atoms with Crippen LogP contribution in [0.1, 0.15) is 36.5 Å². The number of hydrogen-bond acceptors (Lipinski definition) is 10. The fourth-order valence-corrected chi connectivity index (χ4v) is 6.66. The Balaban J connectivity index is 1.67. The summed E-state index contributed by atoms with van der Waals surface area (Å²) in [5, 5.41) is 14.1. The van der Waals surface area contributed by atoms with Gasteiger partial charge < -0.3 is 19.9 Å². The van der Waals surface area contributed by atoms with Crippen LogP contribution in [-0.4, -0.2) is 75.5 Å². The zero-order valence-corrected chi connectivity index (χ0v) is 28.9. The molecule has 0 bridgehead atoms. The zero-order chi connectivity index (χ0) is 39.0. The minimum atomic E-state index is -5.63. The normalized spacial score (nSPS) is 14.9. The molecule has 0 aromatic heterocycles. The molecule has 19 heteroatoms. The lowest BCUT2D eigenvalue weighted by molar-refractivity contribution is -0.190. The summed E-state index contributed by atoms with van der Waals surface area (Å²) in [6.45, 7) is 2.66. The van der Waals surface area contributed by atoms with Crippen LogP contribution in [0.3, 0.4) is 0 Å². The van der Waals surface area contributed by atoms with Crippen molar-refractivity contribution >= 4 is 34.0 Å². The van der Waals surface area contributed by atoms with Gasteiger partial charge in [-0.1, -0.05) is 42.5 Å². The molecule has 12 nitrogen and oxygen atoms in total. The van der Waals surface area contributed by atoms with Gasteiger partial charge in [0.25, 0.3) is 0 Å². The molecule has 0 aliphatic carbocycles. The van der Waals surface area contributed by atoms with Gasteiger partial charge in [-0.3, -0.25) is 10.4 Å². The molecule has 0 amide bonds. The molecular weight excluding hydrogens is 736 g/mol. The molecule has 1 fully saturated rings. The third-order valence-electron chi connectivity index (χ3n) is 7.93. The minimum Gasteiger partial charge on any atom is -0.485 e. The second kappa shape index (κ2) is 17.1. The number of rotatable bonds is 14. The Labute approximate surface area is 300 Å².